The highest BCUT2D eigenvalue weighted by Gasteiger charge is 2.32. The summed E-state index contributed by atoms with van der Waals surface area (Å²) in [6.45, 7) is 3.98. The zero-order chi connectivity index (χ0) is 13.4. The third-order valence-corrected chi connectivity index (χ3v) is 4.41. The molecule has 0 aromatic carbocycles. The third kappa shape index (κ3) is 2.37. The maximum absolute atomic E-state index is 9.85. The predicted octanol–water partition coefficient (Wildman–Crippen LogP) is 1.94. The standard InChI is InChI=1S/C13H15N3O2S/c1-7-3-8(2)11(14-4-7)12-15-13(18-16-12)9-5-19-6-10(9)17/h3-4,9-10,17H,5-6H2,1-2H3. The molecule has 19 heavy (non-hydrogen) atoms. The highest BCUT2D eigenvalue weighted by atomic mass is 32.2. The SMILES string of the molecule is Cc1cnc(-c2noc(C3CSCC3O)n2)c(C)c1. The van der Waals surface area contributed by atoms with E-state index in [1.165, 1.54) is 0 Å². The first-order valence-electron chi connectivity index (χ1n) is 6.18. The fourth-order valence-corrected chi connectivity index (χ4v) is 3.44. The molecule has 0 saturated carbocycles. The van der Waals surface area contributed by atoms with Crippen molar-refractivity contribution in [3.8, 4) is 11.5 Å². The Morgan fingerprint density at radius 2 is 2.21 bits per heavy atom. The molecule has 2 unspecified atom stereocenters. The van der Waals surface area contributed by atoms with Gasteiger partial charge in [0, 0.05) is 17.7 Å². The van der Waals surface area contributed by atoms with E-state index in [1.54, 1.807) is 18.0 Å². The van der Waals surface area contributed by atoms with Crippen LogP contribution in [0, 0.1) is 13.8 Å². The minimum atomic E-state index is -0.398. The van der Waals surface area contributed by atoms with E-state index in [1.807, 2.05) is 19.9 Å². The van der Waals surface area contributed by atoms with Crippen molar-refractivity contribution in [1.29, 1.82) is 0 Å². The number of pyridine rings is 1. The van der Waals surface area contributed by atoms with Gasteiger partial charge in [-0.05, 0) is 25.0 Å². The molecule has 1 aliphatic heterocycles. The molecule has 2 aromatic rings. The first-order valence-corrected chi connectivity index (χ1v) is 7.33. The van der Waals surface area contributed by atoms with Gasteiger partial charge in [0.25, 0.3) is 0 Å². The summed E-state index contributed by atoms with van der Waals surface area (Å²) >= 11 is 1.70. The van der Waals surface area contributed by atoms with E-state index >= 15 is 0 Å². The van der Waals surface area contributed by atoms with Crippen molar-refractivity contribution >= 4 is 11.8 Å². The second kappa shape index (κ2) is 4.94. The van der Waals surface area contributed by atoms with Gasteiger partial charge in [-0.2, -0.15) is 16.7 Å². The van der Waals surface area contributed by atoms with Gasteiger partial charge < -0.3 is 9.63 Å². The van der Waals surface area contributed by atoms with Gasteiger partial charge in [-0.25, -0.2) is 0 Å². The Labute approximate surface area is 115 Å². The Bertz CT molecular complexity index is 599. The van der Waals surface area contributed by atoms with E-state index < -0.39 is 6.10 Å². The van der Waals surface area contributed by atoms with E-state index in [0.717, 1.165) is 28.3 Å². The van der Waals surface area contributed by atoms with Crippen LogP contribution in [0.1, 0.15) is 22.9 Å². The van der Waals surface area contributed by atoms with Crippen LogP contribution in [0.25, 0.3) is 11.5 Å². The third-order valence-electron chi connectivity index (χ3n) is 3.24. The van der Waals surface area contributed by atoms with Crippen molar-refractivity contribution in [1.82, 2.24) is 15.1 Å². The van der Waals surface area contributed by atoms with Crippen molar-refractivity contribution in [3.05, 3.63) is 29.3 Å². The zero-order valence-corrected chi connectivity index (χ0v) is 11.6. The number of aliphatic hydroxyl groups is 1. The smallest absolute Gasteiger partial charge is 0.233 e. The number of thioether (sulfide) groups is 1. The molecule has 1 fully saturated rings. The van der Waals surface area contributed by atoms with Crippen molar-refractivity contribution in [2.24, 2.45) is 0 Å². The number of hydrogen-bond acceptors (Lipinski definition) is 6. The molecule has 0 spiro atoms. The van der Waals surface area contributed by atoms with E-state index in [9.17, 15) is 5.11 Å². The number of rotatable bonds is 2. The molecule has 5 nitrogen and oxygen atoms in total. The molecule has 0 aliphatic carbocycles. The normalized spacial score (nSPS) is 22.9. The molecule has 100 valence electrons. The van der Waals surface area contributed by atoms with Crippen LogP contribution in [-0.4, -0.2) is 37.8 Å². The van der Waals surface area contributed by atoms with E-state index in [2.05, 4.69) is 15.1 Å². The fourth-order valence-electron chi connectivity index (χ4n) is 2.21. The van der Waals surface area contributed by atoms with Crippen molar-refractivity contribution in [3.63, 3.8) is 0 Å². The van der Waals surface area contributed by atoms with E-state index in [0.29, 0.717) is 11.7 Å². The van der Waals surface area contributed by atoms with Gasteiger partial charge in [0.2, 0.25) is 11.7 Å². The van der Waals surface area contributed by atoms with Crippen molar-refractivity contribution in [2.75, 3.05) is 11.5 Å². The second-order valence-electron chi connectivity index (χ2n) is 4.85. The average molecular weight is 277 g/mol. The minimum absolute atomic E-state index is 0.0583. The maximum atomic E-state index is 9.85. The largest absolute Gasteiger partial charge is 0.391 e. The van der Waals surface area contributed by atoms with Gasteiger partial charge in [-0.15, -0.1) is 0 Å². The molecular formula is C13H15N3O2S. The lowest BCUT2D eigenvalue weighted by Crippen LogP contribution is -2.15. The molecule has 0 amide bonds. The van der Waals surface area contributed by atoms with Crippen LogP contribution in [0.2, 0.25) is 0 Å². The number of aromatic nitrogens is 3. The molecule has 1 N–H and O–H groups in total. The quantitative estimate of drug-likeness (QED) is 0.904. The van der Waals surface area contributed by atoms with Crippen LogP contribution in [-0.2, 0) is 0 Å². The first kappa shape index (κ1) is 12.6. The molecule has 3 rings (SSSR count). The molecule has 3 heterocycles. The van der Waals surface area contributed by atoms with E-state index in [4.69, 9.17) is 4.52 Å². The van der Waals surface area contributed by atoms with Gasteiger partial charge >= 0.3 is 0 Å². The van der Waals surface area contributed by atoms with Crippen molar-refractivity contribution < 1.29 is 9.63 Å². The molecule has 0 bridgehead atoms. The van der Waals surface area contributed by atoms with Crippen molar-refractivity contribution in [2.45, 2.75) is 25.9 Å². The Morgan fingerprint density at radius 3 is 2.89 bits per heavy atom. The van der Waals surface area contributed by atoms with Gasteiger partial charge in [-0.3, -0.25) is 4.98 Å². The van der Waals surface area contributed by atoms with Crippen LogP contribution in [0.5, 0.6) is 0 Å². The topological polar surface area (TPSA) is 72.0 Å². The first-order chi connectivity index (χ1) is 9.15. The lowest BCUT2D eigenvalue weighted by atomic mass is 10.1. The zero-order valence-electron chi connectivity index (χ0n) is 10.8. The molecule has 1 saturated heterocycles. The Morgan fingerprint density at radius 1 is 1.37 bits per heavy atom. The van der Waals surface area contributed by atoms with Crippen LogP contribution in [0.15, 0.2) is 16.8 Å². The maximum Gasteiger partial charge on any atom is 0.233 e. The summed E-state index contributed by atoms with van der Waals surface area (Å²) in [7, 11) is 0. The number of hydrogen-bond donors (Lipinski definition) is 1. The van der Waals surface area contributed by atoms with Crippen LogP contribution >= 0.6 is 11.8 Å². The molecule has 0 radical (unpaired) electrons. The summed E-state index contributed by atoms with van der Waals surface area (Å²) < 4.78 is 5.28. The summed E-state index contributed by atoms with van der Waals surface area (Å²) in [4.78, 5) is 8.74. The molecule has 2 atom stereocenters. The monoisotopic (exact) mass is 277 g/mol. The van der Waals surface area contributed by atoms with Gasteiger partial charge in [-0.1, -0.05) is 11.2 Å². The summed E-state index contributed by atoms with van der Waals surface area (Å²) in [6.07, 6.45) is 1.39. The average Bonchev–Trinajstić information content (AvgIpc) is 2.97. The highest BCUT2D eigenvalue weighted by molar-refractivity contribution is 7.99. The summed E-state index contributed by atoms with van der Waals surface area (Å²) in [5, 5.41) is 13.8. The predicted molar refractivity (Wildman–Crippen MR) is 73.1 cm³/mol. The molecule has 1 aliphatic rings. The fraction of sp³-hybridized carbons (Fsp3) is 0.462. The molecular weight excluding hydrogens is 262 g/mol. The Balaban J connectivity index is 1.92. The number of aliphatic hydroxyl groups excluding tert-OH is 1. The number of aryl methyl sites for hydroxylation is 2. The van der Waals surface area contributed by atoms with Gasteiger partial charge in [0.1, 0.15) is 5.69 Å². The van der Waals surface area contributed by atoms with Crippen LogP contribution < -0.4 is 0 Å². The lowest BCUT2D eigenvalue weighted by molar-refractivity contribution is 0.164. The Kier molecular flexibility index (Phi) is 3.28. The van der Waals surface area contributed by atoms with E-state index in [-0.39, 0.29) is 5.92 Å². The van der Waals surface area contributed by atoms with Gasteiger partial charge in [0.15, 0.2) is 0 Å². The lowest BCUT2D eigenvalue weighted by Gasteiger charge is -2.06. The summed E-state index contributed by atoms with van der Waals surface area (Å²) in [6, 6.07) is 2.04. The minimum Gasteiger partial charge on any atom is -0.391 e. The van der Waals surface area contributed by atoms with Crippen LogP contribution in [0.4, 0.5) is 0 Å². The molecule has 2 aromatic heterocycles. The van der Waals surface area contributed by atoms with Gasteiger partial charge in [0.05, 0.1) is 12.0 Å². The highest BCUT2D eigenvalue weighted by Crippen LogP contribution is 2.32. The Hall–Kier alpha value is -1.40. The summed E-state index contributed by atoms with van der Waals surface area (Å²) in [5.41, 5.74) is 2.86. The summed E-state index contributed by atoms with van der Waals surface area (Å²) in [5.74, 6) is 2.50. The molecule has 6 heteroatoms. The second-order valence-corrected chi connectivity index (χ2v) is 5.92. The number of nitrogens with zero attached hydrogens (tertiary/aromatic N) is 3. The van der Waals surface area contributed by atoms with Crippen LogP contribution in [0.3, 0.4) is 0 Å².